The van der Waals surface area contributed by atoms with Crippen molar-refractivity contribution in [2.24, 2.45) is 0 Å². The van der Waals surface area contributed by atoms with Crippen LogP contribution >= 0.6 is 0 Å². The Morgan fingerprint density at radius 1 is 1.45 bits per heavy atom. The first kappa shape index (κ1) is 7.71. The molecule has 0 aliphatic rings. The predicted octanol–water partition coefficient (Wildman–Crippen LogP) is 1.02. The van der Waals surface area contributed by atoms with Gasteiger partial charge in [-0.05, 0) is 12.1 Å². The monoisotopic (exact) mass is 161 g/mol. The largest absolute Gasteiger partial charge is 0.503 e. The minimum atomic E-state index is -2.72. The number of aromatic hydroxyl groups is 1. The van der Waals surface area contributed by atoms with E-state index in [9.17, 15) is 13.6 Å². The molecule has 0 saturated carbocycles. The number of halogens is 2. The minimum Gasteiger partial charge on any atom is -0.503 e. The second kappa shape index (κ2) is 2.69. The Bertz CT molecular complexity index is 308. The molecule has 0 fully saturated rings. The number of rotatable bonds is 1. The Kier molecular flexibility index (Phi) is 1.89. The Balaban J connectivity index is 3.16. The molecule has 0 bridgehead atoms. The molecule has 0 aliphatic carbocycles. The second-order valence-electron chi connectivity index (χ2n) is 1.93. The van der Waals surface area contributed by atoms with Crippen LogP contribution in [-0.2, 0) is 0 Å². The fourth-order valence-corrected chi connectivity index (χ4v) is 0.608. The van der Waals surface area contributed by atoms with Crippen molar-refractivity contribution in [3.63, 3.8) is 0 Å². The zero-order chi connectivity index (χ0) is 8.43. The molecule has 2 N–H and O–H groups in total. The van der Waals surface area contributed by atoms with Gasteiger partial charge >= 0.3 is 0 Å². The van der Waals surface area contributed by atoms with Gasteiger partial charge in [0.05, 0.1) is 5.69 Å². The Morgan fingerprint density at radius 2 is 2.09 bits per heavy atom. The molecule has 1 aromatic heterocycles. The molecular weight excluding hydrogens is 156 g/mol. The molecule has 0 spiro atoms. The van der Waals surface area contributed by atoms with Crippen LogP contribution in [0.1, 0.15) is 12.1 Å². The lowest BCUT2D eigenvalue weighted by Crippen LogP contribution is -2.07. The molecule has 0 atom stereocenters. The molecule has 1 heterocycles. The number of aromatic nitrogens is 1. The molecule has 0 amide bonds. The third-order valence-electron chi connectivity index (χ3n) is 1.15. The van der Waals surface area contributed by atoms with Gasteiger partial charge in [-0.25, -0.2) is 8.78 Å². The van der Waals surface area contributed by atoms with E-state index in [0.29, 0.717) is 0 Å². The van der Waals surface area contributed by atoms with E-state index in [1.54, 1.807) is 0 Å². The number of pyridine rings is 1. The SMILES string of the molecule is O=c1[nH]c(C(F)F)ccc1O. The summed E-state index contributed by atoms with van der Waals surface area (Å²) in [7, 11) is 0. The summed E-state index contributed by atoms with van der Waals surface area (Å²) in [5.41, 5.74) is -1.39. The van der Waals surface area contributed by atoms with E-state index in [0.717, 1.165) is 12.1 Å². The molecule has 1 rings (SSSR count). The molecule has 0 aromatic carbocycles. The van der Waals surface area contributed by atoms with Gasteiger partial charge in [-0.1, -0.05) is 0 Å². The van der Waals surface area contributed by atoms with Crippen molar-refractivity contribution in [3.05, 3.63) is 28.2 Å². The third kappa shape index (κ3) is 1.54. The topological polar surface area (TPSA) is 53.1 Å². The Labute approximate surface area is 60.3 Å². The molecule has 3 nitrogen and oxygen atoms in total. The average molecular weight is 161 g/mol. The number of hydrogen-bond acceptors (Lipinski definition) is 2. The zero-order valence-corrected chi connectivity index (χ0v) is 5.34. The van der Waals surface area contributed by atoms with Crippen LogP contribution in [0.25, 0.3) is 0 Å². The standard InChI is InChI=1S/C6H5F2NO2/c7-5(8)3-1-2-4(10)6(11)9-3/h1-2,5,10H,(H,9,11). The van der Waals surface area contributed by atoms with Crippen LogP contribution in [0.15, 0.2) is 16.9 Å². The highest BCUT2D eigenvalue weighted by Gasteiger charge is 2.08. The maximum absolute atomic E-state index is 11.8. The van der Waals surface area contributed by atoms with E-state index < -0.39 is 23.4 Å². The van der Waals surface area contributed by atoms with Crippen molar-refractivity contribution in [3.8, 4) is 5.75 Å². The van der Waals surface area contributed by atoms with Gasteiger partial charge in [0, 0.05) is 0 Å². The highest BCUT2D eigenvalue weighted by atomic mass is 19.3. The lowest BCUT2D eigenvalue weighted by atomic mass is 10.3. The van der Waals surface area contributed by atoms with E-state index in [4.69, 9.17) is 5.11 Å². The molecule has 0 radical (unpaired) electrons. The maximum atomic E-state index is 11.8. The first-order valence-electron chi connectivity index (χ1n) is 2.81. The number of aromatic amines is 1. The van der Waals surface area contributed by atoms with Gasteiger partial charge in [0.15, 0.2) is 5.75 Å². The molecule has 0 unspecified atom stereocenters. The molecular formula is C6H5F2NO2. The van der Waals surface area contributed by atoms with Crippen molar-refractivity contribution in [1.82, 2.24) is 4.98 Å². The van der Waals surface area contributed by atoms with Crippen molar-refractivity contribution >= 4 is 0 Å². The summed E-state index contributed by atoms with van der Waals surface area (Å²) in [6.45, 7) is 0. The summed E-state index contributed by atoms with van der Waals surface area (Å²) in [5.74, 6) is -0.561. The molecule has 5 heteroatoms. The van der Waals surface area contributed by atoms with Crippen LogP contribution in [0.5, 0.6) is 5.75 Å². The normalized spacial score (nSPS) is 10.5. The minimum absolute atomic E-state index is 0.493. The van der Waals surface area contributed by atoms with Crippen molar-refractivity contribution in [2.45, 2.75) is 6.43 Å². The summed E-state index contributed by atoms with van der Waals surface area (Å²) in [6.07, 6.45) is -2.72. The lowest BCUT2D eigenvalue weighted by molar-refractivity contribution is 0.145. The zero-order valence-electron chi connectivity index (χ0n) is 5.34. The van der Waals surface area contributed by atoms with Crippen LogP contribution in [-0.4, -0.2) is 10.1 Å². The Morgan fingerprint density at radius 3 is 2.55 bits per heavy atom. The van der Waals surface area contributed by atoms with Crippen LogP contribution < -0.4 is 5.56 Å². The van der Waals surface area contributed by atoms with Crippen LogP contribution in [0, 0.1) is 0 Å². The van der Waals surface area contributed by atoms with Crippen molar-refractivity contribution < 1.29 is 13.9 Å². The number of H-pyrrole nitrogens is 1. The summed E-state index contributed by atoms with van der Waals surface area (Å²) < 4.78 is 23.7. The van der Waals surface area contributed by atoms with E-state index in [2.05, 4.69) is 0 Å². The van der Waals surface area contributed by atoms with E-state index >= 15 is 0 Å². The van der Waals surface area contributed by atoms with Gasteiger partial charge in [0.25, 0.3) is 12.0 Å². The van der Waals surface area contributed by atoms with Crippen molar-refractivity contribution in [1.29, 1.82) is 0 Å². The average Bonchev–Trinajstić information content (AvgIpc) is 1.94. The predicted molar refractivity (Wildman–Crippen MR) is 33.7 cm³/mol. The summed E-state index contributed by atoms with van der Waals surface area (Å²) in [5, 5.41) is 8.64. The fraction of sp³-hybridized carbons (Fsp3) is 0.167. The molecule has 1 aromatic rings. The number of hydrogen-bond donors (Lipinski definition) is 2. The summed E-state index contributed by atoms with van der Waals surface area (Å²) >= 11 is 0. The number of alkyl halides is 2. The van der Waals surface area contributed by atoms with Gasteiger partial charge in [-0.15, -0.1) is 0 Å². The highest BCUT2D eigenvalue weighted by molar-refractivity contribution is 5.18. The van der Waals surface area contributed by atoms with Gasteiger partial charge in [0.2, 0.25) is 0 Å². The van der Waals surface area contributed by atoms with Gasteiger partial charge in [-0.2, -0.15) is 0 Å². The number of nitrogens with one attached hydrogen (secondary N) is 1. The van der Waals surface area contributed by atoms with Crippen LogP contribution in [0.3, 0.4) is 0 Å². The quantitative estimate of drug-likeness (QED) is 0.646. The summed E-state index contributed by atoms with van der Waals surface area (Å²) in [6, 6.07) is 1.89. The summed E-state index contributed by atoms with van der Waals surface area (Å²) in [4.78, 5) is 12.3. The van der Waals surface area contributed by atoms with Gasteiger partial charge in [-0.3, -0.25) is 4.79 Å². The van der Waals surface area contributed by atoms with E-state index in [-0.39, 0.29) is 0 Å². The highest BCUT2D eigenvalue weighted by Crippen LogP contribution is 2.15. The first-order valence-corrected chi connectivity index (χ1v) is 2.81. The Hall–Kier alpha value is -1.39. The molecule has 60 valence electrons. The van der Waals surface area contributed by atoms with Gasteiger partial charge in [0.1, 0.15) is 0 Å². The van der Waals surface area contributed by atoms with Crippen LogP contribution in [0.2, 0.25) is 0 Å². The van der Waals surface area contributed by atoms with Crippen LogP contribution in [0.4, 0.5) is 8.78 Å². The fourth-order valence-electron chi connectivity index (χ4n) is 0.608. The van der Waals surface area contributed by atoms with E-state index in [1.165, 1.54) is 0 Å². The lowest BCUT2D eigenvalue weighted by Gasteiger charge is -1.97. The smallest absolute Gasteiger partial charge is 0.290 e. The molecule has 0 aliphatic heterocycles. The maximum Gasteiger partial charge on any atom is 0.290 e. The first-order chi connectivity index (χ1) is 5.11. The molecule has 11 heavy (non-hydrogen) atoms. The second-order valence-corrected chi connectivity index (χ2v) is 1.93. The van der Waals surface area contributed by atoms with Gasteiger partial charge < -0.3 is 10.1 Å². The third-order valence-corrected chi connectivity index (χ3v) is 1.15. The van der Waals surface area contributed by atoms with E-state index in [1.807, 2.05) is 4.98 Å². The molecule has 0 saturated heterocycles. The van der Waals surface area contributed by atoms with Crippen molar-refractivity contribution in [2.75, 3.05) is 0 Å².